The number of nitrogens with zero attached hydrogens (tertiary/aromatic N) is 2. The van der Waals surface area contributed by atoms with Crippen molar-refractivity contribution in [3.63, 3.8) is 0 Å². The van der Waals surface area contributed by atoms with Crippen LogP contribution >= 0.6 is 11.6 Å². The lowest BCUT2D eigenvalue weighted by Gasteiger charge is -2.38. The van der Waals surface area contributed by atoms with Crippen LogP contribution in [-0.2, 0) is 10.4 Å². The highest BCUT2D eigenvalue weighted by Crippen LogP contribution is 2.38. The first-order valence-corrected chi connectivity index (χ1v) is 12.2. The Morgan fingerprint density at radius 3 is 2.77 bits per heavy atom. The molecule has 35 heavy (non-hydrogen) atoms. The number of fused-ring (bicyclic) bond motifs is 2. The summed E-state index contributed by atoms with van der Waals surface area (Å²) < 4.78 is 6.08. The maximum Gasteiger partial charge on any atom is 0.228 e. The van der Waals surface area contributed by atoms with Gasteiger partial charge in [0.15, 0.2) is 0 Å². The van der Waals surface area contributed by atoms with Gasteiger partial charge in [-0.3, -0.25) is 4.79 Å². The zero-order valence-electron chi connectivity index (χ0n) is 19.4. The van der Waals surface area contributed by atoms with Crippen molar-refractivity contribution in [2.24, 2.45) is 11.7 Å². The fourth-order valence-corrected chi connectivity index (χ4v) is 5.04. The largest absolute Gasteiger partial charge is 0.438 e. The Kier molecular flexibility index (Phi) is 6.60. The number of hydrogen-bond donors (Lipinski definition) is 2. The van der Waals surface area contributed by atoms with Crippen molar-refractivity contribution in [2.75, 3.05) is 19.6 Å². The number of aromatic nitrogens is 1. The Morgan fingerprint density at radius 1 is 1.26 bits per heavy atom. The van der Waals surface area contributed by atoms with Crippen LogP contribution in [0.2, 0.25) is 5.02 Å². The summed E-state index contributed by atoms with van der Waals surface area (Å²) in [6.45, 7) is 2.49. The third kappa shape index (κ3) is 4.96. The fourth-order valence-electron chi connectivity index (χ4n) is 4.92. The highest BCUT2D eigenvalue weighted by atomic mass is 35.5. The Hall–Kier alpha value is -3.19. The number of carbonyl (C=O) groups is 1. The molecule has 2 aliphatic heterocycles. The number of amides is 1. The van der Waals surface area contributed by atoms with E-state index in [1.165, 1.54) is 0 Å². The third-order valence-corrected chi connectivity index (χ3v) is 7.20. The maximum atomic E-state index is 12.1. The van der Waals surface area contributed by atoms with Crippen molar-refractivity contribution in [1.29, 1.82) is 0 Å². The molecular formula is C28H28ClN3O3. The third-order valence-electron chi connectivity index (χ3n) is 6.95. The van der Waals surface area contributed by atoms with Crippen molar-refractivity contribution in [3.8, 4) is 5.88 Å². The first kappa shape index (κ1) is 23.5. The summed E-state index contributed by atoms with van der Waals surface area (Å²) in [5.41, 5.74) is 8.36. The molecule has 1 aliphatic carbocycles. The van der Waals surface area contributed by atoms with E-state index in [2.05, 4.69) is 16.0 Å². The van der Waals surface area contributed by atoms with Crippen LogP contribution in [0.4, 0.5) is 0 Å². The van der Waals surface area contributed by atoms with E-state index in [1.54, 1.807) is 18.3 Å². The number of ether oxygens (including phenoxy) is 1. The van der Waals surface area contributed by atoms with Gasteiger partial charge in [0.1, 0.15) is 5.76 Å². The predicted molar refractivity (Wildman–Crippen MR) is 136 cm³/mol. The molecule has 1 atom stereocenters. The van der Waals surface area contributed by atoms with Gasteiger partial charge in [0.05, 0.1) is 11.5 Å². The summed E-state index contributed by atoms with van der Waals surface area (Å²) in [7, 11) is 0. The molecule has 1 saturated heterocycles. The Balaban J connectivity index is 1.30. The number of rotatable bonds is 5. The highest BCUT2D eigenvalue weighted by Gasteiger charge is 2.34. The molecule has 1 aromatic carbocycles. The molecule has 1 amide bonds. The average Bonchev–Trinajstić information content (AvgIpc) is 3.02. The lowest BCUT2D eigenvalue weighted by molar-refractivity contribution is -0.119. The van der Waals surface area contributed by atoms with Crippen LogP contribution in [0.3, 0.4) is 0 Å². The first-order chi connectivity index (χ1) is 16.9. The fraction of sp³-hybridized carbons (Fsp3) is 0.286. The minimum atomic E-state index is -0.811. The number of hydrogen-bond acceptors (Lipinski definition) is 5. The molecule has 2 aromatic rings. The standard InChI is InChI=1S/C28H28ClN3O3/c29-21-10-8-20(9-11-21)28(34)12-16-32(17-13-28)15-3-4-19-18-24-23(26(30)33)5-1-7-25(24)35-27-22(19)6-2-14-31-27/h1-2,4-11,14,18,23,34H,3,12-13,15-17H2,(H2,30,33). The van der Waals surface area contributed by atoms with Gasteiger partial charge in [0, 0.05) is 42.0 Å². The Bertz CT molecular complexity index is 1240. The van der Waals surface area contributed by atoms with Crippen molar-refractivity contribution in [3.05, 3.63) is 100 Å². The minimum absolute atomic E-state index is 0.415. The normalized spacial score (nSPS) is 22.3. The van der Waals surface area contributed by atoms with E-state index in [0.29, 0.717) is 29.5 Å². The van der Waals surface area contributed by atoms with Gasteiger partial charge in [-0.1, -0.05) is 42.0 Å². The number of allylic oxidation sites excluding steroid dienone is 5. The van der Waals surface area contributed by atoms with Crippen LogP contribution < -0.4 is 10.5 Å². The molecule has 0 saturated carbocycles. The molecule has 3 aliphatic rings. The molecule has 180 valence electrons. The van der Waals surface area contributed by atoms with E-state index in [-0.39, 0.29) is 0 Å². The van der Waals surface area contributed by atoms with Gasteiger partial charge in [-0.2, -0.15) is 0 Å². The minimum Gasteiger partial charge on any atom is -0.438 e. The van der Waals surface area contributed by atoms with Crippen LogP contribution in [0.1, 0.15) is 30.4 Å². The number of nitrogens with two attached hydrogens (primary N) is 1. The van der Waals surface area contributed by atoms with Gasteiger partial charge >= 0.3 is 0 Å². The smallest absolute Gasteiger partial charge is 0.228 e. The zero-order chi connectivity index (χ0) is 24.4. The number of aliphatic hydroxyl groups is 1. The molecule has 0 spiro atoms. The van der Waals surface area contributed by atoms with Crippen molar-refractivity contribution in [2.45, 2.75) is 24.9 Å². The van der Waals surface area contributed by atoms with Gasteiger partial charge in [-0.05, 0) is 66.8 Å². The van der Waals surface area contributed by atoms with Crippen molar-refractivity contribution >= 4 is 23.1 Å². The van der Waals surface area contributed by atoms with Crippen LogP contribution in [0, 0.1) is 5.92 Å². The maximum absolute atomic E-state index is 12.1. The van der Waals surface area contributed by atoms with Gasteiger partial charge in [-0.15, -0.1) is 0 Å². The molecule has 1 aromatic heterocycles. The second-order valence-corrected chi connectivity index (χ2v) is 9.62. The Morgan fingerprint density at radius 2 is 2.03 bits per heavy atom. The molecule has 3 N–H and O–H groups in total. The molecular weight excluding hydrogens is 462 g/mol. The number of halogens is 1. The van der Waals surface area contributed by atoms with E-state index in [9.17, 15) is 9.90 Å². The number of primary amides is 1. The van der Waals surface area contributed by atoms with E-state index < -0.39 is 17.4 Å². The molecule has 6 nitrogen and oxygen atoms in total. The molecule has 1 unspecified atom stereocenters. The number of pyridine rings is 1. The highest BCUT2D eigenvalue weighted by molar-refractivity contribution is 6.30. The predicted octanol–water partition coefficient (Wildman–Crippen LogP) is 4.37. The number of likely N-dealkylation sites (tertiary alicyclic amines) is 1. The molecule has 3 heterocycles. The number of carbonyl (C=O) groups excluding carboxylic acids is 1. The Labute approximate surface area is 210 Å². The van der Waals surface area contributed by atoms with E-state index in [0.717, 1.165) is 48.3 Å². The van der Waals surface area contributed by atoms with Gasteiger partial charge in [-0.25, -0.2) is 4.98 Å². The average molecular weight is 490 g/mol. The molecule has 5 rings (SSSR count). The van der Waals surface area contributed by atoms with Crippen LogP contribution in [0.5, 0.6) is 5.88 Å². The first-order valence-electron chi connectivity index (χ1n) is 11.9. The van der Waals surface area contributed by atoms with Crippen molar-refractivity contribution in [1.82, 2.24) is 9.88 Å². The van der Waals surface area contributed by atoms with Gasteiger partial charge < -0.3 is 20.5 Å². The molecule has 0 bridgehead atoms. The number of piperidine rings is 1. The summed E-state index contributed by atoms with van der Waals surface area (Å²) in [4.78, 5) is 18.9. The quantitative estimate of drug-likeness (QED) is 0.651. The summed E-state index contributed by atoms with van der Waals surface area (Å²) in [5, 5.41) is 11.8. The van der Waals surface area contributed by atoms with Crippen LogP contribution in [0.25, 0.3) is 5.57 Å². The second-order valence-electron chi connectivity index (χ2n) is 9.18. The zero-order valence-corrected chi connectivity index (χ0v) is 20.1. The van der Waals surface area contributed by atoms with Crippen LogP contribution in [0.15, 0.2) is 84.3 Å². The molecule has 1 fully saturated rings. The van der Waals surface area contributed by atoms with Crippen LogP contribution in [-0.4, -0.2) is 40.5 Å². The topological polar surface area (TPSA) is 88.7 Å². The monoisotopic (exact) mass is 489 g/mol. The molecule has 0 radical (unpaired) electrons. The lowest BCUT2D eigenvalue weighted by Crippen LogP contribution is -2.42. The summed E-state index contributed by atoms with van der Waals surface area (Å²) in [6, 6.07) is 11.3. The van der Waals surface area contributed by atoms with E-state index in [4.69, 9.17) is 22.1 Å². The van der Waals surface area contributed by atoms with E-state index in [1.807, 2.05) is 48.6 Å². The lowest BCUT2D eigenvalue weighted by atomic mass is 9.84. The summed E-state index contributed by atoms with van der Waals surface area (Å²) in [5.74, 6) is 0.153. The second kappa shape index (κ2) is 9.82. The summed E-state index contributed by atoms with van der Waals surface area (Å²) in [6.07, 6.45) is 13.4. The van der Waals surface area contributed by atoms with Gasteiger partial charge in [0.25, 0.3) is 0 Å². The number of benzene rings is 1. The van der Waals surface area contributed by atoms with Crippen molar-refractivity contribution < 1.29 is 14.6 Å². The van der Waals surface area contributed by atoms with Gasteiger partial charge in [0.2, 0.25) is 11.8 Å². The van der Waals surface area contributed by atoms with E-state index >= 15 is 0 Å². The molecule has 7 heteroatoms. The SMILES string of the molecule is NC(=O)C1C=CC=C2Oc3ncccc3C(=CCCN3CCC(O)(c4ccc(Cl)cc4)CC3)C=C21. The summed E-state index contributed by atoms with van der Waals surface area (Å²) >= 11 is 6.00.